The van der Waals surface area contributed by atoms with Crippen molar-refractivity contribution in [3.63, 3.8) is 0 Å². The van der Waals surface area contributed by atoms with Gasteiger partial charge in [0.2, 0.25) is 5.89 Å². The van der Waals surface area contributed by atoms with Gasteiger partial charge in [-0.25, -0.2) is 17.9 Å². The fourth-order valence-electron chi connectivity index (χ4n) is 3.29. The minimum absolute atomic E-state index is 0.00122. The second-order valence-corrected chi connectivity index (χ2v) is 10.3. The zero-order chi connectivity index (χ0) is 22.9. The molecule has 0 saturated carbocycles. The lowest BCUT2D eigenvalue weighted by Gasteiger charge is -2.09. The maximum Gasteiger partial charge on any atom is 0.331 e. The molecule has 0 radical (unpaired) electrons. The summed E-state index contributed by atoms with van der Waals surface area (Å²) in [7, 11) is -3.08. The highest BCUT2D eigenvalue weighted by Gasteiger charge is 2.31. The Morgan fingerprint density at radius 1 is 1.28 bits per heavy atom. The molecule has 32 heavy (non-hydrogen) atoms. The van der Waals surface area contributed by atoms with Crippen LogP contribution in [0.5, 0.6) is 0 Å². The normalized spacial score (nSPS) is 17.8. The lowest BCUT2D eigenvalue weighted by atomic mass is 10.2. The van der Waals surface area contributed by atoms with E-state index >= 15 is 0 Å². The highest BCUT2D eigenvalue weighted by atomic mass is 35.5. The Bertz CT molecular complexity index is 1280. The maximum absolute atomic E-state index is 12.1. The molecule has 3 heterocycles. The van der Waals surface area contributed by atoms with Crippen LogP contribution in [0.25, 0.3) is 17.5 Å². The Morgan fingerprint density at radius 2 is 2.03 bits per heavy atom. The van der Waals surface area contributed by atoms with Gasteiger partial charge in [0, 0.05) is 22.2 Å². The minimum Gasteiger partial charge on any atom is -0.452 e. The third kappa shape index (κ3) is 5.03. The van der Waals surface area contributed by atoms with Crippen molar-refractivity contribution < 1.29 is 22.4 Å². The molecule has 0 spiro atoms. The highest BCUT2D eigenvalue weighted by Crippen LogP contribution is 2.30. The van der Waals surface area contributed by atoms with Gasteiger partial charge in [0.1, 0.15) is 5.15 Å². The standard InChI is InChI=1S/C20H18Cl2N4O5S/c1-12-16(19(22)26(25-12)15-8-9-32(28,29)11-15)6-7-18(27)30-10-17-23-24-20(31-17)13-2-4-14(21)5-3-13/h2-7,15H,8-11H2,1H3/b7-6+. The van der Waals surface area contributed by atoms with E-state index in [1.807, 2.05) is 0 Å². The molecule has 1 fully saturated rings. The van der Waals surface area contributed by atoms with E-state index in [-0.39, 0.29) is 41.1 Å². The largest absolute Gasteiger partial charge is 0.452 e. The first-order chi connectivity index (χ1) is 15.2. The summed E-state index contributed by atoms with van der Waals surface area (Å²) in [5, 5.41) is 13.0. The summed E-state index contributed by atoms with van der Waals surface area (Å²) in [4.78, 5) is 12.1. The number of sulfone groups is 1. The molecule has 0 amide bonds. The zero-order valence-electron chi connectivity index (χ0n) is 16.9. The van der Waals surface area contributed by atoms with Gasteiger partial charge in [-0.05, 0) is 43.7 Å². The molecular formula is C20H18Cl2N4O5S. The quantitative estimate of drug-likeness (QED) is 0.374. The van der Waals surface area contributed by atoms with Gasteiger partial charge in [0.05, 0.1) is 23.2 Å². The van der Waals surface area contributed by atoms with Crippen LogP contribution in [0.15, 0.2) is 34.8 Å². The van der Waals surface area contributed by atoms with Gasteiger partial charge in [0.15, 0.2) is 16.4 Å². The average molecular weight is 497 g/mol. The molecule has 1 aliphatic rings. The third-order valence-electron chi connectivity index (χ3n) is 4.91. The summed E-state index contributed by atoms with van der Waals surface area (Å²) in [5.74, 6) is -0.0998. The third-order valence-corrected chi connectivity index (χ3v) is 7.29. The van der Waals surface area contributed by atoms with Crippen molar-refractivity contribution in [2.75, 3.05) is 11.5 Å². The molecule has 12 heteroatoms. The maximum atomic E-state index is 12.1. The van der Waals surface area contributed by atoms with E-state index in [2.05, 4.69) is 15.3 Å². The summed E-state index contributed by atoms with van der Waals surface area (Å²) in [5.41, 5.74) is 1.79. The molecular weight excluding hydrogens is 479 g/mol. The molecule has 0 aliphatic carbocycles. The van der Waals surface area contributed by atoms with Crippen molar-refractivity contribution in [1.29, 1.82) is 0 Å². The monoisotopic (exact) mass is 496 g/mol. The molecule has 1 saturated heterocycles. The summed E-state index contributed by atoms with van der Waals surface area (Å²) in [6.45, 7) is 1.53. The Morgan fingerprint density at radius 3 is 2.72 bits per heavy atom. The topological polar surface area (TPSA) is 117 Å². The number of carbonyl (C=O) groups is 1. The number of ether oxygens (including phenoxy) is 1. The van der Waals surface area contributed by atoms with Gasteiger partial charge in [0.25, 0.3) is 5.89 Å². The van der Waals surface area contributed by atoms with Crippen LogP contribution in [0.4, 0.5) is 0 Å². The summed E-state index contributed by atoms with van der Waals surface area (Å²) in [6.07, 6.45) is 3.15. The van der Waals surface area contributed by atoms with Crippen molar-refractivity contribution in [3.05, 3.63) is 57.7 Å². The van der Waals surface area contributed by atoms with E-state index in [0.29, 0.717) is 28.3 Å². The number of esters is 1. The first-order valence-corrected chi connectivity index (χ1v) is 12.2. The molecule has 1 aromatic carbocycles. The van der Waals surface area contributed by atoms with E-state index in [4.69, 9.17) is 32.4 Å². The summed E-state index contributed by atoms with van der Waals surface area (Å²) in [6, 6.07) is 6.56. The number of nitrogens with zero attached hydrogens (tertiary/aromatic N) is 4. The predicted octanol–water partition coefficient (Wildman–Crippen LogP) is 3.66. The first kappa shape index (κ1) is 22.5. The molecule has 4 rings (SSSR count). The van der Waals surface area contributed by atoms with Crippen LogP contribution < -0.4 is 0 Å². The smallest absolute Gasteiger partial charge is 0.331 e. The molecule has 0 N–H and O–H groups in total. The van der Waals surface area contributed by atoms with Gasteiger partial charge in [-0.1, -0.05) is 23.2 Å². The zero-order valence-corrected chi connectivity index (χ0v) is 19.2. The Kier molecular flexibility index (Phi) is 6.36. The summed E-state index contributed by atoms with van der Waals surface area (Å²) < 4.78 is 35.6. The van der Waals surface area contributed by atoms with Crippen molar-refractivity contribution >= 4 is 45.1 Å². The number of aromatic nitrogens is 4. The fourth-order valence-corrected chi connectivity index (χ4v) is 5.48. The van der Waals surface area contributed by atoms with Crippen LogP contribution in [0, 0.1) is 6.92 Å². The van der Waals surface area contributed by atoms with Crippen LogP contribution in [0.3, 0.4) is 0 Å². The van der Waals surface area contributed by atoms with Gasteiger partial charge < -0.3 is 9.15 Å². The van der Waals surface area contributed by atoms with E-state index in [9.17, 15) is 13.2 Å². The van der Waals surface area contributed by atoms with Crippen LogP contribution in [-0.2, 0) is 26.0 Å². The second-order valence-electron chi connectivity index (χ2n) is 7.24. The van der Waals surface area contributed by atoms with Gasteiger partial charge in [-0.2, -0.15) is 5.10 Å². The lowest BCUT2D eigenvalue weighted by molar-refractivity contribution is -0.139. The molecule has 2 aromatic heterocycles. The Balaban J connectivity index is 1.38. The number of aryl methyl sites for hydroxylation is 1. The molecule has 1 unspecified atom stereocenters. The van der Waals surface area contributed by atoms with Crippen LogP contribution in [-0.4, -0.2) is 45.9 Å². The molecule has 1 atom stereocenters. The number of benzene rings is 1. The van der Waals surface area contributed by atoms with E-state index in [1.165, 1.54) is 16.8 Å². The van der Waals surface area contributed by atoms with Gasteiger partial charge >= 0.3 is 5.97 Å². The number of hydrogen-bond acceptors (Lipinski definition) is 8. The molecule has 0 bridgehead atoms. The SMILES string of the molecule is Cc1nn(C2CCS(=O)(=O)C2)c(Cl)c1/C=C/C(=O)OCc1nnc(-c2ccc(Cl)cc2)o1. The van der Waals surface area contributed by atoms with Crippen LogP contribution >= 0.6 is 23.2 Å². The highest BCUT2D eigenvalue weighted by molar-refractivity contribution is 7.91. The van der Waals surface area contributed by atoms with Crippen LogP contribution in [0.2, 0.25) is 10.2 Å². The number of carbonyl (C=O) groups excluding carboxylic acids is 1. The van der Waals surface area contributed by atoms with Crippen LogP contribution in [0.1, 0.15) is 29.6 Å². The molecule has 3 aromatic rings. The molecule has 9 nitrogen and oxygen atoms in total. The average Bonchev–Trinajstić information content (AvgIpc) is 3.43. The first-order valence-electron chi connectivity index (χ1n) is 9.60. The molecule has 168 valence electrons. The lowest BCUT2D eigenvalue weighted by Crippen LogP contribution is -2.12. The Hall–Kier alpha value is -2.69. The number of hydrogen-bond donors (Lipinski definition) is 0. The second kappa shape index (κ2) is 9.05. The summed E-state index contributed by atoms with van der Waals surface area (Å²) >= 11 is 12.3. The van der Waals surface area contributed by atoms with Crippen molar-refractivity contribution in [1.82, 2.24) is 20.0 Å². The predicted molar refractivity (Wildman–Crippen MR) is 118 cm³/mol. The van der Waals surface area contributed by atoms with E-state index < -0.39 is 15.8 Å². The van der Waals surface area contributed by atoms with E-state index in [0.717, 1.165) is 0 Å². The van der Waals surface area contributed by atoms with Crippen molar-refractivity contribution in [3.8, 4) is 11.5 Å². The minimum atomic E-state index is -3.08. The molecule has 1 aliphatic heterocycles. The number of rotatable bonds is 6. The van der Waals surface area contributed by atoms with Gasteiger partial charge in [-0.15, -0.1) is 10.2 Å². The fraction of sp³-hybridized carbons (Fsp3) is 0.300. The number of halogens is 2. The van der Waals surface area contributed by atoms with Gasteiger partial charge in [-0.3, -0.25) is 0 Å². The van der Waals surface area contributed by atoms with Crippen molar-refractivity contribution in [2.45, 2.75) is 26.0 Å². The van der Waals surface area contributed by atoms with Crippen molar-refractivity contribution in [2.24, 2.45) is 0 Å². The van der Waals surface area contributed by atoms with E-state index in [1.54, 1.807) is 31.2 Å². The Labute approximate surface area is 193 Å².